The first kappa shape index (κ1) is 21.7. The van der Waals surface area contributed by atoms with Gasteiger partial charge in [-0.1, -0.05) is 28.1 Å². The van der Waals surface area contributed by atoms with Gasteiger partial charge in [-0.15, -0.1) is 0 Å². The second kappa shape index (κ2) is 10.2. The van der Waals surface area contributed by atoms with E-state index in [1.165, 1.54) is 25.0 Å². The van der Waals surface area contributed by atoms with E-state index in [0.717, 1.165) is 18.4 Å². The van der Waals surface area contributed by atoms with Crippen LogP contribution in [0, 0.1) is 0 Å². The number of aromatic nitrogens is 1. The molecule has 0 spiro atoms. The predicted octanol–water partition coefficient (Wildman–Crippen LogP) is 3.15. The van der Waals surface area contributed by atoms with E-state index < -0.39 is 10.0 Å². The summed E-state index contributed by atoms with van der Waals surface area (Å²) in [6, 6.07) is 10.1. The highest BCUT2D eigenvalue weighted by Crippen LogP contribution is 2.25. The van der Waals surface area contributed by atoms with E-state index >= 15 is 0 Å². The van der Waals surface area contributed by atoms with Crippen molar-refractivity contribution in [1.82, 2.24) is 15.0 Å². The SMILES string of the molecule is O=C(CCNS(=O)(=O)c1cccc(Br)c1)NCc1cccnc1OC1CCCC1. The van der Waals surface area contributed by atoms with Crippen LogP contribution in [0.1, 0.15) is 37.7 Å². The zero-order valence-electron chi connectivity index (χ0n) is 15.9. The lowest BCUT2D eigenvalue weighted by Crippen LogP contribution is -2.30. The highest BCUT2D eigenvalue weighted by Gasteiger charge is 2.19. The summed E-state index contributed by atoms with van der Waals surface area (Å²) in [6.07, 6.45) is 6.28. The van der Waals surface area contributed by atoms with Crippen molar-refractivity contribution in [3.8, 4) is 5.88 Å². The molecule has 1 aliphatic carbocycles. The first-order valence-corrected chi connectivity index (χ1v) is 11.8. The molecule has 1 aromatic carbocycles. The van der Waals surface area contributed by atoms with Crippen LogP contribution < -0.4 is 14.8 Å². The highest BCUT2D eigenvalue weighted by atomic mass is 79.9. The van der Waals surface area contributed by atoms with Crippen LogP contribution in [0.25, 0.3) is 0 Å². The first-order valence-electron chi connectivity index (χ1n) is 9.56. The van der Waals surface area contributed by atoms with E-state index in [-0.39, 0.29) is 36.4 Å². The molecule has 1 amide bonds. The lowest BCUT2D eigenvalue weighted by Gasteiger charge is -2.15. The molecule has 9 heteroatoms. The summed E-state index contributed by atoms with van der Waals surface area (Å²) < 4.78 is 33.6. The molecule has 2 aromatic rings. The molecule has 7 nitrogen and oxygen atoms in total. The van der Waals surface area contributed by atoms with Gasteiger partial charge in [-0.05, 0) is 49.9 Å². The van der Waals surface area contributed by atoms with E-state index in [4.69, 9.17) is 4.74 Å². The van der Waals surface area contributed by atoms with Gasteiger partial charge in [0, 0.05) is 35.7 Å². The average Bonchev–Trinajstić information content (AvgIpc) is 3.20. The van der Waals surface area contributed by atoms with Crippen molar-refractivity contribution in [2.24, 2.45) is 0 Å². The van der Waals surface area contributed by atoms with Crippen molar-refractivity contribution >= 4 is 31.9 Å². The smallest absolute Gasteiger partial charge is 0.240 e. The number of rotatable bonds is 9. The third-order valence-electron chi connectivity index (χ3n) is 4.66. The van der Waals surface area contributed by atoms with Gasteiger partial charge in [-0.25, -0.2) is 18.1 Å². The number of nitrogens with zero attached hydrogens (tertiary/aromatic N) is 1. The van der Waals surface area contributed by atoms with Gasteiger partial charge in [0.25, 0.3) is 0 Å². The van der Waals surface area contributed by atoms with Crippen LogP contribution in [0.3, 0.4) is 0 Å². The molecule has 1 aliphatic rings. The topological polar surface area (TPSA) is 97.4 Å². The van der Waals surface area contributed by atoms with Crippen LogP contribution in [-0.2, 0) is 21.4 Å². The first-order chi connectivity index (χ1) is 13.9. The van der Waals surface area contributed by atoms with Gasteiger partial charge in [0.15, 0.2) is 0 Å². The average molecular weight is 482 g/mol. The molecule has 0 bridgehead atoms. The second-order valence-corrected chi connectivity index (χ2v) is 9.56. The Morgan fingerprint density at radius 2 is 2.00 bits per heavy atom. The zero-order chi connectivity index (χ0) is 20.7. The molecule has 0 unspecified atom stereocenters. The molecule has 29 heavy (non-hydrogen) atoms. The summed E-state index contributed by atoms with van der Waals surface area (Å²) in [5, 5.41) is 2.80. The largest absolute Gasteiger partial charge is 0.474 e. The maximum absolute atomic E-state index is 12.3. The molecule has 3 rings (SSSR count). The van der Waals surface area contributed by atoms with Crippen LogP contribution in [0.15, 0.2) is 52.0 Å². The Balaban J connectivity index is 1.47. The van der Waals surface area contributed by atoms with Gasteiger partial charge >= 0.3 is 0 Å². The maximum Gasteiger partial charge on any atom is 0.240 e. The summed E-state index contributed by atoms with van der Waals surface area (Å²) in [6.45, 7) is 0.298. The number of hydrogen-bond donors (Lipinski definition) is 2. The van der Waals surface area contributed by atoms with Crippen molar-refractivity contribution in [1.29, 1.82) is 0 Å². The maximum atomic E-state index is 12.3. The van der Waals surface area contributed by atoms with Crippen molar-refractivity contribution in [3.63, 3.8) is 0 Å². The van der Waals surface area contributed by atoms with Crippen molar-refractivity contribution in [2.75, 3.05) is 6.54 Å². The standard InChI is InChI=1S/C20H24BrN3O4S/c21-16-6-3-9-18(13-16)29(26,27)24-12-10-19(25)23-14-15-5-4-11-22-20(15)28-17-7-1-2-8-17/h3-6,9,11,13,17,24H,1-2,7-8,10,12,14H2,(H,23,25). The minimum absolute atomic E-state index is 0.0130. The Morgan fingerprint density at radius 1 is 1.21 bits per heavy atom. The van der Waals surface area contributed by atoms with Crippen molar-refractivity contribution < 1.29 is 17.9 Å². The van der Waals surface area contributed by atoms with Gasteiger partial charge in [0.05, 0.1) is 4.90 Å². The molecule has 2 N–H and O–H groups in total. The molecule has 1 aromatic heterocycles. The number of nitrogens with one attached hydrogen (secondary N) is 2. The minimum Gasteiger partial charge on any atom is -0.474 e. The van der Waals surface area contributed by atoms with E-state index in [1.54, 1.807) is 24.4 Å². The number of sulfonamides is 1. The van der Waals surface area contributed by atoms with E-state index in [2.05, 4.69) is 31.0 Å². The van der Waals surface area contributed by atoms with E-state index in [9.17, 15) is 13.2 Å². The van der Waals surface area contributed by atoms with Gasteiger partial charge in [-0.3, -0.25) is 4.79 Å². The lowest BCUT2D eigenvalue weighted by molar-refractivity contribution is -0.121. The number of carbonyl (C=O) groups excluding carboxylic acids is 1. The predicted molar refractivity (Wildman–Crippen MR) is 113 cm³/mol. The Bertz CT molecular complexity index is 946. The Kier molecular flexibility index (Phi) is 7.63. The molecular formula is C20H24BrN3O4S. The Hall–Kier alpha value is -1.97. The monoisotopic (exact) mass is 481 g/mol. The summed E-state index contributed by atoms with van der Waals surface area (Å²) in [4.78, 5) is 16.6. The minimum atomic E-state index is -3.66. The Labute approximate surface area is 179 Å². The highest BCUT2D eigenvalue weighted by molar-refractivity contribution is 9.10. The summed E-state index contributed by atoms with van der Waals surface area (Å²) in [7, 11) is -3.66. The number of amides is 1. The van der Waals surface area contributed by atoms with Crippen LogP contribution in [0.5, 0.6) is 5.88 Å². The van der Waals surface area contributed by atoms with Gasteiger partial charge < -0.3 is 10.1 Å². The number of hydrogen-bond acceptors (Lipinski definition) is 5. The third kappa shape index (κ3) is 6.52. The molecule has 0 aliphatic heterocycles. The number of ether oxygens (including phenoxy) is 1. The molecule has 0 atom stereocenters. The van der Waals surface area contributed by atoms with Gasteiger partial charge in [0.1, 0.15) is 6.10 Å². The zero-order valence-corrected chi connectivity index (χ0v) is 18.3. The number of benzene rings is 1. The second-order valence-electron chi connectivity index (χ2n) is 6.87. The molecular weight excluding hydrogens is 458 g/mol. The summed E-state index contributed by atoms with van der Waals surface area (Å²) >= 11 is 3.25. The van der Waals surface area contributed by atoms with Crippen LogP contribution >= 0.6 is 15.9 Å². The molecule has 1 saturated carbocycles. The summed E-state index contributed by atoms with van der Waals surface area (Å²) in [5.74, 6) is 0.299. The fourth-order valence-corrected chi connectivity index (χ4v) is 4.76. The van der Waals surface area contributed by atoms with Gasteiger partial charge in [0.2, 0.25) is 21.8 Å². The fraction of sp³-hybridized carbons (Fsp3) is 0.400. The molecule has 1 fully saturated rings. The normalized spacial score (nSPS) is 14.7. The van der Waals surface area contributed by atoms with E-state index in [1.807, 2.05) is 6.07 Å². The number of halogens is 1. The quantitative estimate of drug-likeness (QED) is 0.573. The molecule has 156 valence electrons. The van der Waals surface area contributed by atoms with Crippen LogP contribution in [-0.4, -0.2) is 32.0 Å². The Morgan fingerprint density at radius 3 is 2.76 bits per heavy atom. The van der Waals surface area contributed by atoms with Crippen LogP contribution in [0.2, 0.25) is 0 Å². The van der Waals surface area contributed by atoms with Crippen molar-refractivity contribution in [3.05, 3.63) is 52.6 Å². The van der Waals surface area contributed by atoms with Crippen LogP contribution in [0.4, 0.5) is 0 Å². The number of carbonyl (C=O) groups is 1. The third-order valence-corrected chi connectivity index (χ3v) is 6.61. The lowest BCUT2D eigenvalue weighted by atomic mass is 10.2. The fourth-order valence-electron chi connectivity index (χ4n) is 3.13. The number of pyridine rings is 1. The van der Waals surface area contributed by atoms with Gasteiger partial charge in [-0.2, -0.15) is 0 Å². The molecule has 1 heterocycles. The molecule has 0 saturated heterocycles. The van der Waals surface area contributed by atoms with Crippen molar-refractivity contribution in [2.45, 2.75) is 49.6 Å². The summed E-state index contributed by atoms with van der Waals surface area (Å²) in [5.41, 5.74) is 0.808. The van der Waals surface area contributed by atoms with E-state index in [0.29, 0.717) is 10.4 Å². The molecule has 0 radical (unpaired) electrons.